The Labute approximate surface area is 127 Å². The largest absolute Gasteiger partial charge is 0.381 e. The van der Waals surface area contributed by atoms with Crippen molar-refractivity contribution in [2.75, 3.05) is 20.2 Å². The van der Waals surface area contributed by atoms with Crippen molar-refractivity contribution in [1.82, 2.24) is 10.6 Å². The van der Waals surface area contributed by atoms with Crippen molar-refractivity contribution in [3.8, 4) is 0 Å². The van der Waals surface area contributed by atoms with Crippen LogP contribution >= 0.6 is 24.0 Å². The average Bonchev–Trinajstić information content (AvgIpc) is 2.37. The minimum atomic E-state index is 0. The Bertz CT molecular complexity index is 292. The Kier molecular flexibility index (Phi) is 6.17. The van der Waals surface area contributed by atoms with Gasteiger partial charge in [0, 0.05) is 31.7 Å². The predicted molar refractivity (Wildman–Crippen MR) is 85.7 cm³/mol. The summed E-state index contributed by atoms with van der Waals surface area (Å²) in [7, 11) is 1.83. The van der Waals surface area contributed by atoms with Crippen LogP contribution in [0, 0.1) is 5.41 Å². The van der Waals surface area contributed by atoms with Crippen molar-refractivity contribution in [1.29, 1.82) is 0 Å². The van der Waals surface area contributed by atoms with Crippen molar-refractivity contribution >= 4 is 29.9 Å². The SMILES string of the molecule is CCC1(CC)C(NC2=NCCCN2)CC1OC.I. The second-order valence-corrected chi connectivity index (χ2v) is 5.11. The highest BCUT2D eigenvalue weighted by Crippen LogP contribution is 2.48. The van der Waals surface area contributed by atoms with E-state index >= 15 is 0 Å². The number of hydrogen-bond donors (Lipinski definition) is 2. The molecule has 0 saturated heterocycles. The second kappa shape index (κ2) is 6.93. The van der Waals surface area contributed by atoms with E-state index in [9.17, 15) is 0 Å². The maximum absolute atomic E-state index is 5.60. The van der Waals surface area contributed by atoms with Crippen LogP contribution in [-0.2, 0) is 4.74 Å². The molecule has 0 amide bonds. The monoisotopic (exact) mass is 367 g/mol. The van der Waals surface area contributed by atoms with Crippen LogP contribution in [0.25, 0.3) is 0 Å². The van der Waals surface area contributed by atoms with Gasteiger partial charge in [0.2, 0.25) is 0 Å². The van der Waals surface area contributed by atoms with Crippen molar-refractivity contribution in [2.24, 2.45) is 10.4 Å². The molecule has 1 heterocycles. The van der Waals surface area contributed by atoms with Crippen LogP contribution < -0.4 is 10.6 Å². The van der Waals surface area contributed by atoms with Crippen molar-refractivity contribution in [2.45, 2.75) is 51.7 Å². The zero-order chi connectivity index (χ0) is 12.3. The fourth-order valence-corrected chi connectivity index (χ4v) is 3.27. The van der Waals surface area contributed by atoms with E-state index in [0.717, 1.165) is 44.7 Å². The molecule has 0 radical (unpaired) electrons. The number of ether oxygens (including phenoxy) is 1. The zero-order valence-electron chi connectivity index (χ0n) is 11.7. The van der Waals surface area contributed by atoms with Crippen LogP contribution in [0.1, 0.15) is 39.5 Å². The normalized spacial score (nSPS) is 29.4. The van der Waals surface area contributed by atoms with Gasteiger partial charge in [-0.3, -0.25) is 4.99 Å². The van der Waals surface area contributed by atoms with E-state index in [0.29, 0.717) is 12.1 Å². The minimum absolute atomic E-state index is 0. The highest BCUT2D eigenvalue weighted by Gasteiger charge is 2.53. The second-order valence-electron chi connectivity index (χ2n) is 5.11. The predicted octanol–water partition coefficient (Wildman–Crippen LogP) is 2.14. The lowest BCUT2D eigenvalue weighted by Crippen LogP contribution is -2.65. The standard InChI is InChI=1S/C13H25N3O.HI/c1-4-13(5-2)10(9-11(13)17-3)16-12-14-7-6-8-15-12;/h10-11H,4-9H2,1-3H3,(H2,14,15,16);1H. The number of guanidine groups is 1. The van der Waals surface area contributed by atoms with E-state index in [1.165, 1.54) is 0 Å². The van der Waals surface area contributed by atoms with Gasteiger partial charge >= 0.3 is 0 Å². The molecule has 2 unspecified atom stereocenters. The van der Waals surface area contributed by atoms with E-state index in [1.54, 1.807) is 0 Å². The third-order valence-electron chi connectivity index (χ3n) is 4.59. The van der Waals surface area contributed by atoms with Crippen LogP contribution in [0.3, 0.4) is 0 Å². The highest BCUT2D eigenvalue weighted by molar-refractivity contribution is 14.0. The fourth-order valence-electron chi connectivity index (χ4n) is 3.27. The van der Waals surface area contributed by atoms with Crippen molar-refractivity contribution < 1.29 is 4.74 Å². The summed E-state index contributed by atoms with van der Waals surface area (Å²) >= 11 is 0. The van der Waals surface area contributed by atoms with Crippen LogP contribution in [0.15, 0.2) is 4.99 Å². The Morgan fingerprint density at radius 1 is 1.44 bits per heavy atom. The fraction of sp³-hybridized carbons (Fsp3) is 0.923. The molecule has 106 valence electrons. The molecular formula is C13H26IN3O. The van der Waals surface area contributed by atoms with Gasteiger partial charge in [0.1, 0.15) is 0 Å². The smallest absolute Gasteiger partial charge is 0.191 e. The molecule has 2 aliphatic rings. The van der Waals surface area contributed by atoms with Gasteiger partial charge in [-0.2, -0.15) is 0 Å². The Morgan fingerprint density at radius 2 is 2.17 bits per heavy atom. The molecule has 4 nitrogen and oxygen atoms in total. The maximum atomic E-state index is 5.60. The van der Waals surface area contributed by atoms with Gasteiger partial charge in [-0.05, 0) is 25.7 Å². The lowest BCUT2D eigenvalue weighted by Gasteiger charge is -2.55. The van der Waals surface area contributed by atoms with Crippen molar-refractivity contribution in [3.05, 3.63) is 0 Å². The Morgan fingerprint density at radius 3 is 2.67 bits per heavy atom. The molecule has 0 bridgehead atoms. The van der Waals surface area contributed by atoms with Gasteiger partial charge in [-0.15, -0.1) is 24.0 Å². The number of nitrogens with zero attached hydrogens (tertiary/aromatic N) is 1. The summed E-state index contributed by atoms with van der Waals surface area (Å²) in [5.74, 6) is 0.988. The highest BCUT2D eigenvalue weighted by atomic mass is 127. The Hall–Kier alpha value is -0.0400. The van der Waals surface area contributed by atoms with Gasteiger partial charge in [-0.1, -0.05) is 13.8 Å². The van der Waals surface area contributed by atoms with E-state index in [-0.39, 0.29) is 29.4 Å². The minimum Gasteiger partial charge on any atom is -0.381 e. The molecule has 5 heteroatoms. The molecule has 1 aliphatic heterocycles. The van der Waals surface area contributed by atoms with Gasteiger partial charge in [0.15, 0.2) is 5.96 Å². The summed E-state index contributed by atoms with van der Waals surface area (Å²) in [6.45, 7) is 6.51. The lowest BCUT2D eigenvalue weighted by atomic mass is 9.58. The Balaban J connectivity index is 0.00000162. The molecular weight excluding hydrogens is 341 g/mol. The average molecular weight is 367 g/mol. The number of methoxy groups -OCH3 is 1. The molecule has 0 spiro atoms. The van der Waals surface area contributed by atoms with Crippen LogP contribution in [0.5, 0.6) is 0 Å². The number of aliphatic imine (C=N–C) groups is 1. The number of halogens is 1. The molecule has 18 heavy (non-hydrogen) atoms. The summed E-state index contributed by atoms with van der Waals surface area (Å²) in [6, 6.07) is 0.506. The maximum Gasteiger partial charge on any atom is 0.191 e. The molecule has 2 atom stereocenters. The first-order valence-corrected chi connectivity index (χ1v) is 6.84. The third kappa shape index (κ3) is 2.76. The zero-order valence-corrected chi connectivity index (χ0v) is 14.0. The van der Waals surface area contributed by atoms with E-state index in [2.05, 4.69) is 29.5 Å². The summed E-state index contributed by atoms with van der Waals surface area (Å²) in [6.07, 6.45) is 4.96. The third-order valence-corrected chi connectivity index (χ3v) is 4.59. The van der Waals surface area contributed by atoms with E-state index < -0.39 is 0 Å². The van der Waals surface area contributed by atoms with Crippen LogP contribution in [-0.4, -0.2) is 38.3 Å². The van der Waals surface area contributed by atoms with Crippen LogP contribution in [0.4, 0.5) is 0 Å². The molecule has 2 N–H and O–H groups in total. The first-order valence-electron chi connectivity index (χ1n) is 6.84. The summed E-state index contributed by atoms with van der Waals surface area (Å²) in [5, 5.41) is 6.91. The summed E-state index contributed by atoms with van der Waals surface area (Å²) in [4.78, 5) is 4.49. The van der Waals surface area contributed by atoms with Crippen LogP contribution in [0.2, 0.25) is 0 Å². The topological polar surface area (TPSA) is 45.7 Å². The first-order chi connectivity index (χ1) is 8.26. The number of rotatable bonds is 4. The molecule has 0 aromatic rings. The number of hydrogen-bond acceptors (Lipinski definition) is 4. The molecule has 1 aliphatic carbocycles. The van der Waals surface area contributed by atoms with E-state index in [1.807, 2.05) is 7.11 Å². The molecule has 0 aromatic heterocycles. The van der Waals surface area contributed by atoms with Gasteiger partial charge in [0.25, 0.3) is 0 Å². The summed E-state index contributed by atoms with van der Waals surface area (Å²) in [5.41, 5.74) is 0.288. The molecule has 1 fully saturated rings. The first kappa shape index (κ1) is 16.0. The lowest BCUT2D eigenvalue weighted by molar-refractivity contribution is -0.118. The molecule has 2 rings (SSSR count). The van der Waals surface area contributed by atoms with Gasteiger partial charge in [-0.25, -0.2) is 0 Å². The number of nitrogens with one attached hydrogen (secondary N) is 2. The van der Waals surface area contributed by atoms with Gasteiger partial charge in [0.05, 0.1) is 6.10 Å². The summed E-state index contributed by atoms with van der Waals surface area (Å²) < 4.78 is 5.60. The van der Waals surface area contributed by atoms with E-state index in [4.69, 9.17) is 4.74 Å². The van der Waals surface area contributed by atoms with Gasteiger partial charge < -0.3 is 15.4 Å². The molecule has 1 saturated carbocycles. The quantitative estimate of drug-likeness (QED) is 0.749. The molecule has 0 aromatic carbocycles. The van der Waals surface area contributed by atoms with Crippen molar-refractivity contribution in [3.63, 3.8) is 0 Å².